The number of anilines is 1. The third-order valence-corrected chi connectivity index (χ3v) is 7.33. The maximum absolute atomic E-state index is 13.2. The fourth-order valence-corrected chi connectivity index (χ4v) is 5.10. The number of piperidine rings is 1. The second-order valence-corrected chi connectivity index (χ2v) is 9.44. The van der Waals surface area contributed by atoms with E-state index in [1.807, 2.05) is 4.90 Å². The lowest BCUT2D eigenvalue weighted by atomic mass is 9.81. The van der Waals surface area contributed by atoms with Crippen molar-refractivity contribution in [1.29, 1.82) is 0 Å². The van der Waals surface area contributed by atoms with Crippen molar-refractivity contribution in [3.63, 3.8) is 0 Å². The van der Waals surface area contributed by atoms with E-state index in [0.717, 1.165) is 25.0 Å². The minimum atomic E-state index is -0.0128. The summed E-state index contributed by atoms with van der Waals surface area (Å²) < 4.78 is 5.85. The summed E-state index contributed by atoms with van der Waals surface area (Å²) in [6.45, 7) is 6.09. The number of ether oxygens (including phenoxy) is 1. The highest BCUT2D eigenvalue weighted by molar-refractivity contribution is 5.94. The van der Waals surface area contributed by atoms with Crippen LogP contribution in [0.2, 0.25) is 0 Å². The van der Waals surface area contributed by atoms with Gasteiger partial charge in [0.2, 0.25) is 5.95 Å². The van der Waals surface area contributed by atoms with Crippen LogP contribution in [0.15, 0.2) is 42.9 Å². The third kappa shape index (κ3) is 4.79. The first-order valence-corrected chi connectivity index (χ1v) is 12.0. The summed E-state index contributed by atoms with van der Waals surface area (Å²) in [7, 11) is 0. The lowest BCUT2D eigenvalue weighted by Gasteiger charge is -2.42. The van der Waals surface area contributed by atoms with Gasteiger partial charge in [0.05, 0.1) is 25.0 Å². The molecule has 0 radical (unpaired) electrons. The molecule has 0 spiro atoms. The highest BCUT2D eigenvalue weighted by Gasteiger charge is 2.35. The van der Waals surface area contributed by atoms with E-state index in [1.54, 1.807) is 18.6 Å². The minimum Gasteiger partial charge on any atom is -0.375 e. The molecule has 1 saturated heterocycles. The maximum Gasteiger partial charge on any atom is 0.257 e. The van der Waals surface area contributed by atoms with Crippen LogP contribution in [0.3, 0.4) is 0 Å². The quantitative estimate of drug-likeness (QED) is 0.557. The molecule has 1 aromatic carbocycles. The summed E-state index contributed by atoms with van der Waals surface area (Å²) in [5.74, 6) is 1.27. The third-order valence-electron chi connectivity index (χ3n) is 7.33. The van der Waals surface area contributed by atoms with Crippen LogP contribution in [0.5, 0.6) is 0 Å². The summed E-state index contributed by atoms with van der Waals surface area (Å²) in [4.78, 5) is 24.0. The number of fused-ring (bicyclic) bond motifs is 1. The topological polar surface area (TPSA) is 109 Å². The van der Waals surface area contributed by atoms with E-state index in [4.69, 9.17) is 4.74 Å². The van der Waals surface area contributed by atoms with Crippen LogP contribution in [0.1, 0.15) is 47.4 Å². The number of amides is 1. The Morgan fingerprint density at radius 1 is 1.15 bits per heavy atom. The minimum absolute atomic E-state index is 0.0128. The fraction of sp³-hybridized carbons (Fsp3) is 0.480. The first kappa shape index (κ1) is 22.5. The van der Waals surface area contributed by atoms with E-state index in [1.165, 1.54) is 11.1 Å². The molecule has 1 fully saturated rings. The van der Waals surface area contributed by atoms with Gasteiger partial charge in [-0.25, -0.2) is 9.97 Å². The monoisotopic (exact) mass is 461 g/mol. The number of hydrogen-bond acceptors (Lipinski definition) is 7. The SMILES string of the molecule is CC1C(COCc2cn[nH]n2)CCN(C(=O)c2cnc(NC3Cc4ccccc4C3)nc2)C1C. The van der Waals surface area contributed by atoms with Gasteiger partial charge in [-0.3, -0.25) is 4.79 Å². The van der Waals surface area contributed by atoms with Gasteiger partial charge in [-0.15, -0.1) is 0 Å². The number of nitrogens with zero attached hydrogens (tertiary/aromatic N) is 5. The van der Waals surface area contributed by atoms with Gasteiger partial charge in [0.25, 0.3) is 5.91 Å². The number of carbonyl (C=O) groups is 1. The number of aromatic nitrogens is 5. The molecule has 1 aliphatic heterocycles. The van der Waals surface area contributed by atoms with Gasteiger partial charge in [0.1, 0.15) is 5.69 Å². The predicted octanol–water partition coefficient (Wildman–Crippen LogP) is 2.88. The number of hydrogen-bond donors (Lipinski definition) is 2. The largest absolute Gasteiger partial charge is 0.375 e. The van der Waals surface area contributed by atoms with Crippen molar-refractivity contribution in [2.75, 3.05) is 18.5 Å². The summed E-state index contributed by atoms with van der Waals surface area (Å²) in [6.07, 6.45) is 7.79. The zero-order chi connectivity index (χ0) is 23.5. The Balaban J connectivity index is 1.14. The average Bonchev–Trinajstić information content (AvgIpc) is 3.51. The van der Waals surface area contributed by atoms with E-state index in [0.29, 0.717) is 43.1 Å². The second-order valence-electron chi connectivity index (χ2n) is 9.44. The second kappa shape index (κ2) is 9.89. The van der Waals surface area contributed by atoms with Crippen molar-refractivity contribution < 1.29 is 9.53 Å². The molecular weight excluding hydrogens is 430 g/mol. The van der Waals surface area contributed by atoms with E-state index >= 15 is 0 Å². The zero-order valence-corrected chi connectivity index (χ0v) is 19.6. The number of aromatic amines is 1. The summed E-state index contributed by atoms with van der Waals surface area (Å²) in [6, 6.07) is 8.90. The van der Waals surface area contributed by atoms with Crippen LogP contribution in [-0.4, -0.2) is 61.4 Å². The molecular formula is C25H31N7O2. The van der Waals surface area contributed by atoms with Crippen molar-refractivity contribution in [3.05, 3.63) is 65.2 Å². The molecule has 9 heteroatoms. The molecule has 2 aromatic heterocycles. The van der Waals surface area contributed by atoms with Crippen LogP contribution in [0.4, 0.5) is 5.95 Å². The molecule has 1 amide bonds. The van der Waals surface area contributed by atoms with Crippen LogP contribution in [0, 0.1) is 11.8 Å². The highest BCUT2D eigenvalue weighted by atomic mass is 16.5. The molecule has 0 saturated carbocycles. The van der Waals surface area contributed by atoms with Crippen molar-refractivity contribution >= 4 is 11.9 Å². The smallest absolute Gasteiger partial charge is 0.257 e. The molecule has 3 atom stereocenters. The van der Waals surface area contributed by atoms with Gasteiger partial charge in [-0.05, 0) is 49.1 Å². The molecule has 3 aromatic rings. The maximum atomic E-state index is 13.2. The van der Waals surface area contributed by atoms with Gasteiger partial charge < -0.3 is 15.0 Å². The molecule has 3 heterocycles. The number of benzene rings is 1. The number of nitrogens with one attached hydrogen (secondary N) is 2. The van der Waals surface area contributed by atoms with Crippen molar-refractivity contribution in [1.82, 2.24) is 30.3 Å². The van der Waals surface area contributed by atoms with Crippen molar-refractivity contribution in [2.45, 2.75) is 51.8 Å². The molecule has 34 heavy (non-hydrogen) atoms. The Kier molecular flexibility index (Phi) is 6.53. The van der Waals surface area contributed by atoms with E-state index in [2.05, 4.69) is 68.8 Å². The average molecular weight is 462 g/mol. The zero-order valence-electron chi connectivity index (χ0n) is 19.6. The van der Waals surface area contributed by atoms with Gasteiger partial charge >= 0.3 is 0 Å². The van der Waals surface area contributed by atoms with Gasteiger partial charge in [-0.1, -0.05) is 31.2 Å². The molecule has 178 valence electrons. The van der Waals surface area contributed by atoms with Gasteiger partial charge in [0.15, 0.2) is 0 Å². The molecule has 2 N–H and O–H groups in total. The Morgan fingerprint density at radius 3 is 2.56 bits per heavy atom. The fourth-order valence-electron chi connectivity index (χ4n) is 5.10. The number of carbonyl (C=O) groups excluding carboxylic acids is 1. The van der Waals surface area contributed by atoms with E-state index in [9.17, 15) is 4.79 Å². The summed E-state index contributed by atoms with van der Waals surface area (Å²) >= 11 is 0. The van der Waals surface area contributed by atoms with Crippen LogP contribution in [0.25, 0.3) is 0 Å². The number of likely N-dealkylation sites (tertiary alicyclic amines) is 1. The Hall–Kier alpha value is -3.33. The lowest BCUT2D eigenvalue weighted by Crippen LogP contribution is -2.50. The standard InChI is InChI=1S/C25H31N7O2/c1-16-17(2)32(8-7-20(16)14-34-15-23-13-28-31-30-23)24(33)21-11-26-25(27-12-21)29-22-9-18-5-3-4-6-19(18)10-22/h3-6,11-13,16-17,20,22H,7-10,14-15H2,1-2H3,(H,26,27,29)(H,28,30,31). The van der Waals surface area contributed by atoms with Crippen LogP contribution in [-0.2, 0) is 24.2 Å². The molecule has 9 nitrogen and oxygen atoms in total. The summed E-state index contributed by atoms with van der Waals surface area (Å²) in [5, 5.41) is 13.8. The molecule has 1 aliphatic carbocycles. The highest BCUT2D eigenvalue weighted by Crippen LogP contribution is 2.30. The van der Waals surface area contributed by atoms with Crippen LogP contribution >= 0.6 is 0 Å². The molecule has 3 unspecified atom stereocenters. The Bertz CT molecular complexity index is 1080. The first-order chi connectivity index (χ1) is 16.6. The Labute approximate surface area is 199 Å². The van der Waals surface area contributed by atoms with Crippen LogP contribution < -0.4 is 5.32 Å². The first-order valence-electron chi connectivity index (χ1n) is 12.0. The van der Waals surface area contributed by atoms with Crippen molar-refractivity contribution in [3.8, 4) is 0 Å². The summed E-state index contributed by atoms with van der Waals surface area (Å²) in [5.41, 5.74) is 4.08. The Morgan fingerprint density at radius 2 is 1.88 bits per heavy atom. The number of H-pyrrole nitrogens is 1. The van der Waals surface area contributed by atoms with E-state index in [-0.39, 0.29) is 18.0 Å². The van der Waals surface area contributed by atoms with Gasteiger partial charge in [-0.2, -0.15) is 15.4 Å². The number of rotatable bonds is 7. The lowest BCUT2D eigenvalue weighted by molar-refractivity contribution is 0.00590. The molecule has 0 bridgehead atoms. The van der Waals surface area contributed by atoms with E-state index < -0.39 is 0 Å². The van der Waals surface area contributed by atoms with Crippen molar-refractivity contribution in [2.24, 2.45) is 11.8 Å². The van der Waals surface area contributed by atoms with Gasteiger partial charge in [0, 0.05) is 31.0 Å². The molecule has 2 aliphatic rings. The predicted molar refractivity (Wildman–Crippen MR) is 127 cm³/mol. The molecule has 5 rings (SSSR count). The normalized spacial score (nSPS) is 22.5.